The molecule has 0 radical (unpaired) electrons. The number of methoxy groups -OCH3 is 1. The molecule has 2 rings (SSSR count). The Labute approximate surface area is 182 Å². The number of nitrogens with zero attached hydrogens (tertiary/aromatic N) is 2. The summed E-state index contributed by atoms with van der Waals surface area (Å²) in [6.07, 6.45) is 4.13. The second-order valence-electron chi connectivity index (χ2n) is 6.72. The van der Waals surface area contributed by atoms with Crippen LogP contribution in [0.2, 0.25) is 0 Å². The van der Waals surface area contributed by atoms with Crippen LogP contribution in [0.5, 0.6) is 11.5 Å². The second kappa shape index (κ2) is 11.0. The number of nitrogens with one attached hydrogen (secondary N) is 2. The number of hydrogen-bond acceptors (Lipinski definition) is 7. The molecular formula is C22H30N6O3. The highest BCUT2D eigenvalue weighted by Gasteiger charge is 2.21. The number of allylic oxidation sites excluding steroid dienone is 1. The number of rotatable bonds is 9. The molecule has 6 N–H and O–H groups in total. The lowest BCUT2D eigenvalue weighted by Gasteiger charge is -2.24. The van der Waals surface area contributed by atoms with Gasteiger partial charge in [0.2, 0.25) is 0 Å². The molecule has 0 heterocycles. The molecule has 9 heteroatoms. The monoisotopic (exact) mass is 426 g/mol. The Morgan fingerprint density at radius 1 is 1.23 bits per heavy atom. The van der Waals surface area contributed by atoms with Gasteiger partial charge in [-0.3, -0.25) is 5.01 Å². The van der Waals surface area contributed by atoms with E-state index in [2.05, 4.69) is 5.32 Å². The molecule has 0 aliphatic rings. The molecule has 0 fully saturated rings. The number of nitrogens with two attached hydrogens (primary N) is 2. The highest BCUT2D eigenvalue weighted by atomic mass is 16.5. The van der Waals surface area contributed by atoms with E-state index < -0.39 is 6.03 Å². The zero-order valence-corrected chi connectivity index (χ0v) is 18.3. The van der Waals surface area contributed by atoms with Gasteiger partial charge in [0.15, 0.2) is 0 Å². The number of ether oxygens (including phenoxy) is 2. The van der Waals surface area contributed by atoms with Crippen molar-refractivity contribution in [1.29, 1.82) is 5.41 Å². The van der Waals surface area contributed by atoms with Crippen LogP contribution in [0.15, 0.2) is 48.7 Å². The molecule has 0 atom stereocenters. The van der Waals surface area contributed by atoms with Crippen molar-refractivity contribution in [2.75, 3.05) is 26.2 Å². The van der Waals surface area contributed by atoms with E-state index in [1.165, 1.54) is 14.2 Å². The molecule has 2 amide bonds. The molecule has 0 unspecified atom stereocenters. The fraction of sp³-hybridized carbons (Fsp3) is 0.273. The quantitative estimate of drug-likeness (QED) is 0.211. The average molecular weight is 427 g/mol. The first-order valence-corrected chi connectivity index (χ1v) is 9.75. The predicted octanol–water partition coefficient (Wildman–Crippen LogP) is 2.54. The Balaban J connectivity index is 2.33. The third-order valence-corrected chi connectivity index (χ3v) is 4.64. The summed E-state index contributed by atoms with van der Waals surface area (Å²) in [7, 11) is 4.74. The van der Waals surface area contributed by atoms with Gasteiger partial charge in [-0.1, -0.05) is 13.0 Å². The van der Waals surface area contributed by atoms with Crippen molar-refractivity contribution >= 4 is 17.4 Å². The largest absolute Gasteiger partial charge is 0.496 e. The number of carbonyl (C=O) groups is 1. The first-order valence-electron chi connectivity index (χ1n) is 9.75. The maximum absolute atomic E-state index is 12.2. The lowest BCUT2D eigenvalue weighted by molar-refractivity contribution is 0.216. The number of benzene rings is 2. The molecule has 166 valence electrons. The Morgan fingerprint density at radius 3 is 2.58 bits per heavy atom. The molecule has 0 aromatic heterocycles. The van der Waals surface area contributed by atoms with Crippen molar-refractivity contribution in [2.45, 2.75) is 20.0 Å². The fourth-order valence-corrected chi connectivity index (χ4v) is 2.97. The lowest BCUT2D eigenvalue weighted by atomic mass is 10.0. The van der Waals surface area contributed by atoms with Crippen molar-refractivity contribution in [3.8, 4) is 11.5 Å². The summed E-state index contributed by atoms with van der Waals surface area (Å²) in [5, 5.41) is 12.9. The van der Waals surface area contributed by atoms with E-state index in [-0.39, 0.29) is 6.61 Å². The van der Waals surface area contributed by atoms with E-state index >= 15 is 0 Å². The molecule has 0 spiro atoms. The van der Waals surface area contributed by atoms with Gasteiger partial charge in [0.25, 0.3) is 0 Å². The zero-order chi connectivity index (χ0) is 23.0. The predicted molar refractivity (Wildman–Crippen MR) is 122 cm³/mol. The van der Waals surface area contributed by atoms with Gasteiger partial charge < -0.3 is 20.2 Å². The number of urea groups is 1. The first-order chi connectivity index (χ1) is 14.8. The molecule has 31 heavy (non-hydrogen) atoms. The maximum atomic E-state index is 12.2. The molecule has 0 saturated carbocycles. The maximum Gasteiger partial charge on any atom is 0.352 e. The van der Waals surface area contributed by atoms with Crippen LogP contribution in [0, 0.1) is 5.41 Å². The summed E-state index contributed by atoms with van der Waals surface area (Å²) in [6, 6.07) is 10.2. The first kappa shape index (κ1) is 23.7. The van der Waals surface area contributed by atoms with Gasteiger partial charge in [0.05, 0.1) is 24.1 Å². The lowest BCUT2D eigenvalue weighted by Crippen LogP contribution is -2.49. The van der Waals surface area contributed by atoms with Gasteiger partial charge in [0.1, 0.15) is 18.1 Å². The third-order valence-electron chi connectivity index (χ3n) is 4.64. The second-order valence-corrected chi connectivity index (χ2v) is 6.72. The van der Waals surface area contributed by atoms with E-state index in [1.54, 1.807) is 37.5 Å². The molecular weight excluding hydrogens is 396 g/mol. The molecule has 0 bridgehead atoms. The number of aryl methyl sites for hydroxylation is 1. The van der Waals surface area contributed by atoms with Crippen LogP contribution < -0.4 is 31.5 Å². The normalized spacial score (nSPS) is 10.6. The zero-order valence-electron chi connectivity index (χ0n) is 18.3. The Hall–Kier alpha value is -3.56. The fourth-order valence-electron chi connectivity index (χ4n) is 2.97. The molecule has 0 aliphatic carbocycles. The highest BCUT2D eigenvalue weighted by molar-refractivity contribution is 6.06. The summed E-state index contributed by atoms with van der Waals surface area (Å²) in [5.41, 5.74) is 3.18. The number of carbonyl (C=O) groups excluding carboxylic acids is 1. The SMILES string of the molecule is CCc1cc(C(=N)/C=C\NC)ccc1OCc1c(OC)cccc1N(N)C(=O)N(C)N. The van der Waals surface area contributed by atoms with Gasteiger partial charge in [0, 0.05) is 14.1 Å². The molecule has 2 aromatic rings. The minimum Gasteiger partial charge on any atom is -0.496 e. The van der Waals surface area contributed by atoms with Crippen molar-refractivity contribution in [3.63, 3.8) is 0 Å². The number of anilines is 1. The van der Waals surface area contributed by atoms with Crippen LogP contribution in [0.4, 0.5) is 10.5 Å². The van der Waals surface area contributed by atoms with Crippen LogP contribution in [-0.2, 0) is 13.0 Å². The summed E-state index contributed by atoms with van der Waals surface area (Å²) in [6.45, 7) is 2.14. The van der Waals surface area contributed by atoms with E-state index in [9.17, 15) is 4.79 Å². The number of hydrogen-bond donors (Lipinski definition) is 4. The van der Waals surface area contributed by atoms with Crippen LogP contribution in [-0.4, -0.2) is 38.0 Å². The number of hydrazine groups is 2. The number of amides is 2. The molecule has 2 aromatic carbocycles. The Morgan fingerprint density at radius 2 is 1.97 bits per heavy atom. The summed E-state index contributed by atoms with van der Waals surface area (Å²) >= 11 is 0. The Bertz CT molecular complexity index is 958. The van der Waals surface area contributed by atoms with Crippen LogP contribution in [0.25, 0.3) is 0 Å². The Kier molecular flexibility index (Phi) is 8.42. The van der Waals surface area contributed by atoms with Gasteiger partial charge in [-0.25, -0.2) is 21.5 Å². The van der Waals surface area contributed by atoms with E-state index in [4.69, 9.17) is 26.6 Å². The highest BCUT2D eigenvalue weighted by Crippen LogP contribution is 2.31. The van der Waals surface area contributed by atoms with Gasteiger partial charge in [-0.2, -0.15) is 0 Å². The van der Waals surface area contributed by atoms with Crippen LogP contribution in [0.1, 0.15) is 23.6 Å². The van der Waals surface area contributed by atoms with Crippen molar-refractivity contribution in [2.24, 2.45) is 11.7 Å². The minimum atomic E-state index is -0.582. The van der Waals surface area contributed by atoms with Gasteiger partial charge in [-0.05, 0) is 60.2 Å². The summed E-state index contributed by atoms with van der Waals surface area (Å²) in [5.74, 6) is 12.8. The smallest absolute Gasteiger partial charge is 0.352 e. The van der Waals surface area contributed by atoms with Crippen molar-refractivity contribution in [3.05, 3.63) is 65.4 Å². The van der Waals surface area contributed by atoms with Crippen LogP contribution in [0.3, 0.4) is 0 Å². The van der Waals surface area contributed by atoms with E-state index in [1.807, 2.05) is 25.1 Å². The molecule has 0 saturated heterocycles. The summed E-state index contributed by atoms with van der Waals surface area (Å²) in [4.78, 5) is 12.2. The van der Waals surface area contributed by atoms with Crippen LogP contribution >= 0.6 is 0 Å². The van der Waals surface area contributed by atoms with Crippen molar-refractivity contribution in [1.82, 2.24) is 10.3 Å². The summed E-state index contributed by atoms with van der Waals surface area (Å²) < 4.78 is 11.5. The molecule has 9 nitrogen and oxygen atoms in total. The van der Waals surface area contributed by atoms with E-state index in [0.29, 0.717) is 28.5 Å². The topological polar surface area (TPSA) is 130 Å². The minimum absolute atomic E-state index is 0.123. The standard InChI is InChI=1S/C22H30N6O3/c1-5-15-13-16(18(23)11-12-26-2)9-10-20(15)31-14-17-19(7-6-8-21(17)30-4)28(25)22(29)27(3)24/h6-13,23,26H,5,14,24-25H2,1-4H3/b12-11-,23-18?. The average Bonchev–Trinajstić information content (AvgIpc) is 2.79. The van der Waals surface area contributed by atoms with Crippen molar-refractivity contribution < 1.29 is 14.3 Å². The van der Waals surface area contributed by atoms with E-state index in [0.717, 1.165) is 27.6 Å². The molecule has 0 aliphatic heterocycles. The van der Waals surface area contributed by atoms with Gasteiger partial charge in [-0.15, -0.1) is 0 Å². The third kappa shape index (κ3) is 5.74. The van der Waals surface area contributed by atoms with Gasteiger partial charge >= 0.3 is 6.03 Å².